The van der Waals surface area contributed by atoms with Gasteiger partial charge in [0.05, 0.1) is 6.54 Å². The molecule has 1 N–H and O–H groups in total. The normalized spacial score (nSPS) is 19.7. The summed E-state index contributed by atoms with van der Waals surface area (Å²) >= 11 is 0. The van der Waals surface area contributed by atoms with Gasteiger partial charge < -0.3 is 9.80 Å². The quantitative estimate of drug-likeness (QED) is 0.666. The van der Waals surface area contributed by atoms with Gasteiger partial charge >= 0.3 is 0 Å². The number of sulfonamides is 1. The Hall–Kier alpha value is -1.71. The van der Waals surface area contributed by atoms with Gasteiger partial charge in [0.15, 0.2) is 0 Å². The fourth-order valence-electron chi connectivity index (χ4n) is 4.11. The maximum absolute atomic E-state index is 12.5. The molecule has 0 spiro atoms. The molecule has 0 saturated carbocycles. The summed E-state index contributed by atoms with van der Waals surface area (Å²) in [6.45, 7) is 9.34. The minimum atomic E-state index is -3.54. The van der Waals surface area contributed by atoms with Crippen molar-refractivity contribution in [1.82, 2.24) is 19.5 Å². The topological polar surface area (TPSA) is 85.8 Å². The first-order chi connectivity index (χ1) is 14.4. The fraction of sp³-hybridized carbons (Fsp3) is 0.714. The highest BCUT2D eigenvalue weighted by molar-refractivity contribution is 7.89. The van der Waals surface area contributed by atoms with Crippen LogP contribution in [0.4, 0.5) is 5.82 Å². The highest BCUT2D eigenvalue weighted by atomic mass is 32.2. The van der Waals surface area contributed by atoms with Gasteiger partial charge in [-0.1, -0.05) is 13.3 Å². The number of rotatable bonds is 8. The number of piperazine rings is 1. The standard InChI is InChI=1S/C21H35N5O3S/c1-3-7-18(2)23-30(28,29)19-8-9-20(22-16-19)25-14-12-24(13-15-25)17-21(27)26-10-5-4-6-11-26/h8-9,16,18,23H,3-7,10-15,17H2,1-2H3. The number of likely N-dealkylation sites (tertiary alicyclic amines) is 1. The molecule has 3 rings (SSSR count). The number of piperidine rings is 1. The van der Waals surface area contributed by atoms with Crippen LogP contribution in [0, 0.1) is 0 Å². The highest BCUT2D eigenvalue weighted by Crippen LogP contribution is 2.17. The zero-order chi connectivity index (χ0) is 21.6. The molecule has 1 unspecified atom stereocenters. The van der Waals surface area contributed by atoms with Crippen molar-refractivity contribution in [3.05, 3.63) is 18.3 Å². The minimum Gasteiger partial charge on any atom is -0.354 e. The van der Waals surface area contributed by atoms with Gasteiger partial charge in [-0.2, -0.15) is 0 Å². The van der Waals surface area contributed by atoms with Crippen LogP contribution in [0.3, 0.4) is 0 Å². The van der Waals surface area contributed by atoms with E-state index in [-0.39, 0.29) is 16.8 Å². The summed E-state index contributed by atoms with van der Waals surface area (Å²) in [4.78, 5) is 23.4. The van der Waals surface area contributed by atoms with Gasteiger partial charge in [-0.05, 0) is 44.7 Å². The molecule has 2 aliphatic rings. The molecule has 0 aliphatic carbocycles. The Morgan fingerprint density at radius 2 is 1.80 bits per heavy atom. The molecule has 2 aliphatic heterocycles. The third kappa shape index (κ3) is 6.15. The van der Waals surface area contributed by atoms with Crippen molar-refractivity contribution < 1.29 is 13.2 Å². The summed E-state index contributed by atoms with van der Waals surface area (Å²) in [6.07, 6.45) is 6.62. The number of hydrogen-bond acceptors (Lipinski definition) is 6. The van der Waals surface area contributed by atoms with E-state index in [1.807, 2.05) is 18.7 Å². The van der Waals surface area contributed by atoms with Crippen LogP contribution >= 0.6 is 0 Å². The van der Waals surface area contributed by atoms with Gasteiger partial charge in [0.25, 0.3) is 0 Å². The lowest BCUT2D eigenvalue weighted by Gasteiger charge is -2.36. The monoisotopic (exact) mass is 437 g/mol. The molecule has 8 nitrogen and oxygen atoms in total. The first kappa shape index (κ1) is 23.0. The maximum atomic E-state index is 12.5. The van der Waals surface area contributed by atoms with E-state index in [2.05, 4.69) is 19.5 Å². The molecule has 0 radical (unpaired) electrons. The van der Waals surface area contributed by atoms with Crippen molar-refractivity contribution in [2.24, 2.45) is 0 Å². The van der Waals surface area contributed by atoms with Crippen molar-refractivity contribution in [1.29, 1.82) is 0 Å². The number of carbonyl (C=O) groups is 1. The minimum absolute atomic E-state index is 0.0969. The third-order valence-electron chi connectivity index (χ3n) is 5.87. The van der Waals surface area contributed by atoms with Crippen LogP contribution in [0.5, 0.6) is 0 Å². The van der Waals surface area contributed by atoms with Crippen molar-refractivity contribution >= 4 is 21.7 Å². The molecule has 2 fully saturated rings. The molecule has 1 aromatic heterocycles. The Kier molecular flexibility index (Phi) is 8.07. The Morgan fingerprint density at radius 3 is 2.40 bits per heavy atom. The van der Waals surface area contributed by atoms with Crippen LogP contribution in [0.1, 0.15) is 46.0 Å². The lowest BCUT2D eigenvalue weighted by molar-refractivity contribution is -0.133. The van der Waals surface area contributed by atoms with E-state index in [0.29, 0.717) is 6.54 Å². The van der Waals surface area contributed by atoms with E-state index in [4.69, 9.17) is 0 Å². The average molecular weight is 438 g/mol. The second-order valence-electron chi connectivity index (χ2n) is 8.37. The van der Waals surface area contributed by atoms with Gasteiger partial charge in [-0.3, -0.25) is 9.69 Å². The van der Waals surface area contributed by atoms with Crippen LogP contribution in [0.25, 0.3) is 0 Å². The molecule has 0 bridgehead atoms. The number of hydrogen-bond donors (Lipinski definition) is 1. The summed E-state index contributed by atoms with van der Waals surface area (Å²) in [5.41, 5.74) is 0. The molecule has 168 valence electrons. The first-order valence-corrected chi connectivity index (χ1v) is 12.6. The van der Waals surface area contributed by atoms with Crippen LogP contribution in [-0.4, -0.2) is 81.0 Å². The summed E-state index contributed by atoms with van der Waals surface area (Å²) in [7, 11) is -3.54. The van der Waals surface area contributed by atoms with Gasteiger partial charge in [0.2, 0.25) is 15.9 Å². The second-order valence-corrected chi connectivity index (χ2v) is 10.1. The molecule has 30 heavy (non-hydrogen) atoms. The van der Waals surface area contributed by atoms with E-state index in [1.165, 1.54) is 12.6 Å². The van der Waals surface area contributed by atoms with E-state index in [0.717, 1.165) is 70.8 Å². The van der Waals surface area contributed by atoms with Crippen LogP contribution in [0.2, 0.25) is 0 Å². The summed E-state index contributed by atoms with van der Waals surface area (Å²) in [5.74, 6) is 1.01. The fourth-order valence-corrected chi connectivity index (χ4v) is 5.34. The Bertz CT molecular complexity index is 785. The second kappa shape index (κ2) is 10.5. The molecule has 3 heterocycles. The number of nitrogens with one attached hydrogen (secondary N) is 1. The molecule has 1 aromatic rings. The van der Waals surface area contributed by atoms with E-state index >= 15 is 0 Å². The number of pyridine rings is 1. The number of anilines is 1. The van der Waals surface area contributed by atoms with E-state index in [9.17, 15) is 13.2 Å². The molecule has 1 amide bonds. The number of aromatic nitrogens is 1. The van der Waals surface area contributed by atoms with Gasteiger partial charge in [0, 0.05) is 51.5 Å². The smallest absolute Gasteiger partial charge is 0.242 e. The van der Waals surface area contributed by atoms with Crippen LogP contribution in [0.15, 0.2) is 23.2 Å². The summed E-state index contributed by atoms with van der Waals surface area (Å²) in [6, 6.07) is 3.30. The predicted molar refractivity (Wildman–Crippen MR) is 118 cm³/mol. The molecule has 1 atom stereocenters. The highest BCUT2D eigenvalue weighted by Gasteiger charge is 2.24. The van der Waals surface area contributed by atoms with Crippen LogP contribution < -0.4 is 9.62 Å². The lowest BCUT2D eigenvalue weighted by Crippen LogP contribution is -2.50. The summed E-state index contributed by atoms with van der Waals surface area (Å²) in [5, 5.41) is 0. The average Bonchev–Trinajstić information content (AvgIpc) is 2.75. The van der Waals surface area contributed by atoms with Gasteiger partial charge in [0.1, 0.15) is 10.7 Å². The lowest BCUT2D eigenvalue weighted by atomic mass is 10.1. The Labute approximate surface area is 180 Å². The first-order valence-electron chi connectivity index (χ1n) is 11.1. The molecule has 0 aromatic carbocycles. The predicted octanol–water partition coefficient (Wildman–Crippen LogP) is 1.68. The largest absolute Gasteiger partial charge is 0.354 e. The van der Waals surface area contributed by atoms with Gasteiger partial charge in [-0.25, -0.2) is 18.1 Å². The Balaban J connectivity index is 1.50. The van der Waals surface area contributed by atoms with E-state index < -0.39 is 10.0 Å². The van der Waals surface area contributed by atoms with Crippen molar-refractivity contribution in [2.45, 2.75) is 56.9 Å². The summed E-state index contributed by atoms with van der Waals surface area (Å²) < 4.78 is 27.6. The zero-order valence-electron chi connectivity index (χ0n) is 18.2. The van der Waals surface area contributed by atoms with Crippen LogP contribution in [-0.2, 0) is 14.8 Å². The number of amides is 1. The van der Waals surface area contributed by atoms with Gasteiger partial charge in [-0.15, -0.1) is 0 Å². The van der Waals surface area contributed by atoms with Crippen molar-refractivity contribution in [3.8, 4) is 0 Å². The molecular formula is C21H35N5O3S. The SMILES string of the molecule is CCCC(C)NS(=O)(=O)c1ccc(N2CCN(CC(=O)N3CCCCC3)CC2)nc1. The number of nitrogens with zero attached hydrogens (tertiary/aromatic N) is 4. The Morgan fingerprint density at radius 1 is 1.10 bits per heavy atom. The van der Waals surface area contributed by atoms with Crippen molar-refractivity contribution in [2.75, 3.05) is 50.7 Å². The molecule has 2 saturated heterocycles. The number of carbonyl (C=O) groups excluding carboxylic acids is 1. The third-order valence-corrected chi connectivity index (χ3v) is 7.45. The van der Waals surface area contributed by atoms with Crippen molar-refractivity contribution in [3.63, 3.8) is 0 Å². The maximum Gasteiger partial charge on any atom is 0.242 e. The molecule has 9 heteroatoms. The van der Waals surface area contributed by atoms with E-state index in [1.54, 1.807) is 12.1 Å². The zero-order valence-corrected chi connectivity index (χ0v) is 19.0. The molecular weight excluding hydrogens is 402 g/mol.